The summed E-state index contributed by atoms with van der Waals surface area (Å²) in [5.41, 5.74) is 1.07. The van der Waals surface area contributed by atoms with Crippen molar-refractivity contribution in [2.75, 3.05) is 10.2 Å². The van der Waals surface area contributed by atoms with E-state index >= 15 is 0 Å². The van der Waals surface area contributed by atoms with Crippen LogP contribution < -0.4 is 10.2 Å². The molecule has 1 N–H and O–H groups in total. The van der Waals surface area contributed by atoms with E-state index in [-0.39, 0.29) is 17.9 Å². The van der Waals surface area contributed by atoms with Crippen LogP contribution in [-0.2, 0) is 9.59 Å². The molecule has 0 saturated heterocycles. The van der Waals surface area contributed by atoms with Gasteiger partial charge in [0.1, 0.15) is 0 Å². The fourth-order valence-electron chi connectivity index (χ4n) is 2.43. The summed E-state index contributed by atoms with van der Waals surface area (Å²) in [5.74, 6) is -0.135. The Labute approximate surface area is 165 Å². The lowest BCUT2D eigenvalue weighted by Crippen LogP contribution is -2.32. The van der Waals surface area contributed by atoms with Gasteiger partial charge in [-0.3, -0.25) is 14.5 Å². The maximum Gasteiger partial charge on any atom is 0.237 e. The number of hydrogen-bond acceptors (Lipinski definition) is 7. The minimum absolute atomic E-state index is 0.0494. The zero-order valence-electron chi connectivity index (χ0n) is 15.0. The molecule has 3 rings (SSSR count). The molecular formula is C18H19N5O2S2. The van der Waals surface area contributed by atoms with Crippen molar-refractivity contribution in [1.29, 1.82) is 5.26 Å². The third-order valence-corrected chi connectivity index (χ3v) is 6.10. The summed E-state index contributed by atoms with van der Waals surface area (Å²) in [6, 6.07) is 9.05. The molecule has 1 fully saturated rings. The van der Waals surface area contributed by atoms with Gasteiger partial charge in [0.05, 0.1) is 16.9 Å². The Morgan fingerprint density at radius 2 is 2.22 bits per heavy atom. The van der Waals surface area contributed by atoms with E-state index in [0.717, 1.165) is 12.8 Å². The lowest BCUT2D eigenvalue weighted by Gasteiger charge is -2.17. The van der Waals surface area contributed by atoms with Crippen molar-refractivity contribution in [2.45, 2.75) is 48.7 Å². The van der Waals surface area contributed by atoms with Crippen molar-refractivity contribution in [3.8, 4) is 6.07 Å². The Hall–Kier alpha value is -2.44. The summed E-state index contributed by atoms with van der Waals surface area (Å²) in [6.07, 6.45) is 2.42. The number of rotatable bonds is 7. The van der Waals surface area contributed by atoms with E-state index in [0.29, 0.717) is 27.1 Å². The number of anilines is 2. The van der Waals surface area contributed by atoms with Gasteiger partial charge < -0.3 is 5.32 Å². The van der Waals surface area contributed by atoms with Crippen LogP contribution in [0.4, 0.5) is 10.8 Å². The number of carbonyl (C=O) groups is 2. The lowest BCUT2D eigenvalue weighted by molar-refractivity contribution is -0.118. The third-order valence-electron chi connectivity index (χ3n) is 3.99. The van der Waals surface area contributed by atoms with Gasteiger partial charge in [-0.15, -0.1) is 10.2 Å². The van der Waals surface area contributed by atoms with E-state index in [1.165, 1.54) is 23.1 Å². The fourth-order valence-corrected chi connectivity index (χ4v) is 4.51. The molecule has 0 radical (unpaired) electrons. The molecule has 0 unspecified atom stereocenters. The van der Waals surface area contributed by atoms with Crippen LogP contribution in [0, 0.1) is 11.3 Å². The normalized spacial score (nSPS) is 14.3. The van der Waals surface area contributed by atoms with Crippen molar-refractivity contribution in [3.63, 3.8) is 0 Å². The van der Waals surface area contributed by atoms with Crippen molar-refractivity contribution in [3.05, 3.63) is 29.8 Å². The van der Waals surface area contributed by atoms with Gasteiger partial charge >= 0.3 is 0 Å². The van der Waals surface area contributed by atoms with E-state index < -0.39 is 5.25 Å². The number of nitriles is 1. The van der Waals surface area contributed by atoms with E-state index in [1.54, 1.807) is 36.1 Å². The maximum absolute atomic E-state index is 12.4. The highest BCUT2D eigenvalue weighted by molar-refractivity contribution is 8.02. The molecule has 0 spiro atoms. The molecule has 1 aliphatic carbocycles. The summed E-state index contributed by atoms with van der Waals surface area (Å²) >= 11 is 2.63. The van der Waals surface area contributed by atoms with Crippen molar-refractivity contribution < 1.29 is 9.59 Å². The first-order valence-electron chi connectivity index (χ1n) is 8.65. The Bertz CT molecular complexity index is 888. The maximum atomic E-state index is 12.4. The highest BCUT2D eigenvalue weighted by Crippen LogP contribution is 2.37. The molecule has 1 aromatic heterocycles. The van der Waals surface area contributed by atoms with Crippen LogP contribution in [-0.4, -0.2) is 33.3 Å². The average Bonchev–Trinajstić information content (AvgIpc) is 3.40. The van der Waals surface area contributed by atoms with Crippen LogP contribution in [0.3, 0.4) is 0 Å². The molecule has 0 aliphatic heterocycles. The van der Waals surface area contributed by atoms with E-state index in [4.69, 9.17) is 5.26 Å². The van der Waals surface area contributed by atoms with Crippen LogP contribution in [0.15, 0.2) is 28.6 Å². The molecule has 1 saturated carbocycles. The molecule has 27 heavy (non-hydrogen) atoms. The second-order valence-electron chi connectivity index (χ2n) is 6.14. The number of benzene rings is 1. The summed E-state index contributed by atoms with van der Waals surface area (Å²) in [6.45, 7) is 3.62. The number of hydrogen-bond donors (Lipinski definition) is 1. The smallest absolute Gasteiger partial charge is 0.237 e. The van der Waals surface area contributed by atoms with E-state index in [1.807, 2.05) is 13.0 Å². The molecule has 1 atom stereocenters. The minimum Gasteiger partial charge on any atom is -0.325 e. The van der Waals surface area contributed by atoms with Crippen molar-refractivity contribution in [2.24, 2.45) is 0 Å². The number of nitrogens with zero attached hydrogens (tertiary/aromatic N) is 4. The Morgan fingerprint density at radius 3 is 2.89 bits per heavy atom. The van der Waals surface area contributed by atoms with Gasteiger partial charge in [-0.25, -0.2) is 0 Å². The number of nitrogens with one attached hydrogen (secondary N) is 1. The minimum atomic E-state index is -0.396. The molecule has 9 heteroatoms. The average molecular weight is 402 g/mol. The molecule has 7 nitrogen and oxygen atoms in total. The summed E-state index contributed by atoms with van der Waals surface area (Å²) < 4.78 is 0.646. The summed E-state index contributed by atoms with van der Waals surface area (Å²) in [4.78, 5) is 26.3. The molecule has 0 bridgehead atoms. The molecule has 140 valence electrons. The third kappa shape index (κ3) is 4.84. The van der Waals surface area contributed by atoms with Crippen LogP contribution in [0.2, 0.25) is 0 Å². The predicted molar refractivity (Wildman–Crippen MR) is 106 cm³/mol. The Kier molecular flexibility index (Phi) is 6.08. The number of thioether (sulfide) groups is 1. The summed E-state index contributed by atoms with van der Waals surface area (Å²) in [7, 11) is 0. The van der Waals surface area contributed by atoms with Crippen LogP contribution in [0.5, 0.6) is 0 Å². The van der Waals surface area contributed by atoms with Gasteiger partial charge in [-0.1, -0.05) is 36.1 Å². The Morgan fingerprint density at radius 1 is 1.44 bits per heavy atom. The predicted octanol–water partition coefficient (Wildman–Crippen LogP) is 3.43. The second kappa shape index (κ2) is 8.50. The highest BCUT2D eigenvalue weighted by Gasteiger charge is 2.35. The van der Waals surface area contributed by atoms with Gasteiger partial charge in [0, 0.05) is 18.2 Å². The highest BCUT2D eigenvalue weighted by atomic mass is 32.2. The molecule has 1 aliphatic rings. The van der Waals surface area contributed by atoms with Gasteiger partial charge in [0.2, 0.25) is 16.9 Å². The molecule has 2 amide bonds. The van der Waals surface area contributed by atoms with Crippen LogP contribution in [0.1, 0.15) is 38.7 Å². The van der Waals surface area contributed by atoms with Gasteiger partial charge in [0.15, 0.2) is 4.34 Å². The standard InChI is InChI=1S/C18H19N5O2S2/c1-3-15(24)23(14-7-8-14)17-21-22-18(27-17)26-11(2)16(25)20-13-6-4-5-12(9-13)10-19/h4-6,9,11,14H,3,7-8H2,1-2H3,(H,20,25)/t11-/m1/s1. The fraction of sp³-hybridized carbons (Fsp3) is 0.389. The zero-order chi connectivity index (χ0) is 19.4. The SMILES string of the molecule is CCC(=O)N(c1nnc(S[C@H](C)C(=O)Nc2cccc(C#N)c2)s1)C1CC1. The number of aromatic nitrogens is 2. The van der Waals surface area contributed by atoms with Gasteiger partial charge in [0.25, 0.3) is 0 Å². The van der Waals surface area contributed by atoms with Crippen LogP contribution >= 0.6 is 23.1 Å². The van der Waals surface area contributed by atoms with Gasteiger partial charge in [-0.2, -0.15) is 5.26 Å². The largest absolute Gasteiger partial charge is 0.325 e. The quantitative estimate of drug-likeness (QED) is 0.564. The van der Waals surface area contributed by atoms with Crippen molar-refractivity contribution >= 4 is 45.7 Å². The molecule has 1 heterocycles. The van der Waals surface area contributed by atoms with Crippen LogP contribution in [0.25, 0.3) is 0 Å². The topological polar surface area (TPSA) is 99.0 Å². The van der Waals surface area contributed by atoms with Crippen molar-refractivity contribution in [1.82, 2.24) is 10.2 Å². The van der Waals surface area contributed by atoms with Gasteiger partial charge in [-0.05, 0) is 38.0 Å². The first-order chi connectivity index (χ1) is 13.0. The zero-order valence-corrected chi connectivity index (χ0v) is 16.6. The molecule has 2 aromatic rings. The first kappa shape index (κ1) is 19.3. The monoisotopic (exact) mass is 401 g/mol. The number of amides is 2. The second-order valence-corrected chi connectivity index (χ2v) is 8.68. The first-order valence-corrected chi connectivity index (χ1v) is 10.3. The lowest BCUT2D eigenvalue weighted by atomic mass is 10.2. The summed E-state index contributed by atoms with van der Waals surface area (Å²) in [5, 5.41) is 20.2. The van der Waals surface area contributed by atoms with E-state index in [2.05, 4.69) is 15.5 Å². The van der Waals surface area contributed by atoms with E-state index in [9.17, 15) is 9.59 Å². The molecule has 1 aromatic carbocycles. The molecular weight excluding hydrogens is 382 g/mol. The number of carbonyl (C=O) groups excluding carboxylic acids is 2. The Balaban J connectivity index is 1.63.